The number of halogens is 1. The lowest BCUT2D eigenvalue weighted by Gasteiger charge is -2.26. The fraction of sp³-hybridized carbons (Fsp3) is 0.316. The Morgan fingerprint density at radius 1 is 1.21 bits per heavy atom. The lowest BCUT2D eigenvalue weighted by Crippen LogP contribution is -2.37. The molecule has 1 aliphatic rings. The highest BCUT2D eigenvalue weighted by Gasteiger charge is 2.25. The highest BCUT2D eigenvalue weighted by Crippen LogP contribution is 2.23. The number of carbonyl (C=O) groups excluding carboxylic acids is 1. The maximum Gasteiger partial charge on any atom is 0.255 e. The van der Waals surface area contributed by atoms with Crippen molar-refractivity contribution in [1.29, 1.82) is 0 Å². The van der Waals surface area contributed by atoms with Crippen LogP contribution < -0.4 is 0 Å². The highest BCUT2D eigenvalue weighted by atomic mass is 35.5. The number of phenols is 1. The van der Waals surface area contributed by atoms with Gasteiger partial charge in [0, 0.05) is 25.3 Å². The number of nitrogens with zero attached hydrogens (tertiary/aromatic N) is 1. The fourth-order valence-corrected chi connectivity index (χ4v) is 3.13. The molecule has 0 bridgehead atoms. The van der Waals surface area contributed by atoms with Crippen LogP contribution in [-0.4, -0.2) is 35.2 Å². The van der Waals surface area contributed by atoms with Crippen LogP contribution >= 0.6 is 11.6 Å². The molecule has 0 saturated carbocycles. The molecule has 0 aliphatic carbocycles. The molecule has 0 aromatic heterocycles. The smallest absolute Gasteiger partial charge is 0.255 e. The Bertz CT molecular complexity index is 713. The van der Waals surface area contributed by atoms with E-state index in [9.17, 15) is 9.90 Å². The van der Waals surface area contributed by atoms with Crippen molar-refractivity contribution in [3.63, 3.8) is 0 Å². The SMILES string of the molecule is O=C(c1ccccc1Cl)N(Cc1ccccc1O)CC1CCCO1. The number of aromatic hydroxyl groups is 1. The number of rotatable bonds is 5. The first-order chi connectivity index (χ1) is 11.6. The zero-order valence-corrected chi connectivity index (χ0v) is 14.1. The van der Waals surface area contributed by atoms with E-state index >= 15 is 0 Å². The van der Waals surface area contributed by atoms with Gasteiger partial charge in [-0.2, -0.15) is 0 Å². The lowest BCUT2D eigenvalue weighted by atomic mass is 10.1. The van der Waals surface area contributed by atoms with Crippen LogP contribution in [0.15, 0.2) is 48.5 Å². The van der Waals surface area contributed by atoms with Gasteiger partial charge < -0.3 is 14.7 Å². The zero-order valence-electron chi connectivity index (χ0n) is 13.3. The van der Waals surface area contributed by atoms with Crippen LogP contribution in [0.5, 0.6) is 5.75 Å². The van der Waals surface area contributed by atoms with Crippen LogP contribution in [0.2, 0.25) is 5.02 Å². The van der Waals surface area contributed by atoms with Gasteiger partial charge in [-0.05, 0) is 31.0 Å². The number of carbonyl (C=O) groups is 1. The quantitative estimate of drug-likeness (QED) is 0.895. The molecule has 1 N–H and O–H groups in total. The molecule has 3 rings (SSSR count). The van der Waals surface area contributed by atoms with Crippen LogP contribution in [0.25, 0.3) is 0 Å². The number of hydrogen-bond donors (Lipinski definition) is 1. The van der Waals surface area contributed by atoms with E-state index < -0.39 is 0 Å². The summed E-state index contributed by atoms with van der Waals surface area (Å²) >= 11 is 6.19. The van der Waals surface area contributed by atoms with Crippen LogP contribution in [0.3, 0.4) is 0 Å². The standard InChI is InChI=1S/C19H20ClNO3/c20-17-9-3-2-8-16(17)19(23)21(13-15-7-5-11-24-15)12-14-6-1-4-10-18(14)22/h1-4,6,8-10,15,22H,5,7,11-13H2. The molecule has 1 aliphatic heterocycles. The molecule has 24 heavy (non-hydrogen) atoms. The first-order valence-corrected chi connectivity index (χ1v) is 8.45. The molecule has 1 unspecified atom stereocenters. The summed E-state index contributed by atoms with van der Waals surface area (Å²) < 4.78 is 5.68. The third-order valence-electron chi connectivity index (χ3n) is 4.19. The average molecular weight is 346 g/mol. The lowest BCUT2D eigenvalue weighted by molar-refractivity contribution is 0.0506. The van der Waals surface area contributed by atoms with E-state index in [0.29, 0.717) is 29.2 Å². The summed E-state index contributed by atoms with van der Waals surface area (Å²) in [6, 6.07) is 14.1. The van der Waals surface area contributed by atoms with E-state index in [-0.39, 0.29) is 17.8 Å². The van der Waals surface area contributed by atoms with E-state index in [1.807, 2.05) is 12.1 Å². The third kappa shape index (κ3) is 3.89. The summed E-state index contributed by atoms with van der Waals surface area (Å²) in [7, 11) is 0. The van der Waals surface area contributed by atoms with Gasteiger partial charge in [0.2, 0.25) is 0 Å². The van der Waals surface area contributed by atoms with Crippen LogP contribution in [0.4, 0.5) is 0 Å². The number of ether oxygens (including phenoxy) is 1. The minimum Gasteiger partial charge on any atom is -0.508 e. The molecule has 1 heterocycles. The second-order valence-corrected chi connectivity index (χ2v) is 6.34. The van der Waals surface area contributed by atoms with Gasteiger partial charge in [-0.1, -0.05) is 41.9 Å². The van der Waals surface area contributed by atoms with Crippen molar-refractivity contribution in [2.24, 2.45) is 0 Å². The Kier molecular flexibility index (Phi) is 5.38. The minimum absolute atomic E-state index is 0.0299. The van der Waals surface area contributed by atoms with E-state index in [0.717, 1.165) is 19.4 Å². The fourth-order valence-electron chi connectivity index (χ4n) is 2.91. The van der Waals surface area contributed by atoms with E-state index in [4.69, 9.17) is 16.3 Å². The largest absolute Gasteiger partial charge is 0.508 e. The topological polar surface area (TPSA) is 49.8 Å². The van der Waals surface area contributed by atoms with Crippen molar-refractivity contribution in [2.45, 2.75) is 25.5 Å². The Morgan fingerprint density at radius 3 is 2.67 bits per heavy atom. The monoisotopic (exact) mass is 345 g/mol. The number of benzene rings is 2. The molecular weight excluding hydrogens is 326 g/mol. The predicted molar refractivity (Wildman–Crippen MR) is 93.3 cm³/mol. The normalized spacial score (nSPS) is 17.0. The number of para-hydroxylation sites is 1. The Morgan fingerprint density at radius 2 is 1.96 bits per heavy atom. The average Bonchev–Trinajstić information content (AvgIpc) is 3.09. The van der Waals surface area contributed by atoms with Crippen molar-refractivity contribution in [2.75, 3.05) is 13.2 Å². The number of amides is 1. The van der Waals surface area contributed by atoms with Gasteiger partial charge in [-0.3, -0.25) is 4.79 Å². The van der Waals surface area contributed by atoms with Gasteiger partial charge in [-0.15, -0.1) is 0 Å². The molecule has 4 nitrogen and oxygen atoms in total. The molecule has 1 fully saturated rings. The second-order valence-electron chi connectivity index (χ2n) is 5.93. The Labute approximate surface area is 146 Å². The van der Waals surface area contributed by atoms with Crippen molar-refractivity contribution in [1.82, 2.24) is 4.90 Å². The van der Waals surface area contributed by atoms with Gasteiger partial charge in [-0.25, -0.2) is 0 Å². The molecular formula is C19H20ClNO3. The van der Waals surface area contributed by atoms with Crippen LogP contribution in [-0.2, 0) is 11.3 Å². The predicted octanol–water partition coefficient (Wildman–Crippen LogP) is 3.87. The third-order valence-corrected chi connectivity index (χ3v) is 4.52. The van der Waals surface area contributed by atoms with Gasteiger partial charge in [0.05, 0.1) is 16.7 Å². The van der Waals surface area contributed by atoms with Gasteiger partial charge in [0.15, 0.2) is 0 Å². The van der Waals surface area contributed by atoms with Crippen LogP contribution in [0, 0.1) is 0 Å². The zero-order chi connectivity index (χ0) is 16.9. The van der Waals surface area contributed by atoms with E-state index in [1.54, 1.807) is 41.3 Å². The molecule has 2 aromatic rings. The molecule has 1 saturated heterocycles. The summed E-state index contributed by atoms with van der Waals surface area (Å²) in [5.74, 6) is 0.0288. The molecule has 0 radical (unpaired) electrons. The molecule has 2 aromatic carbocycles. The molecule has 5 heteroatoms. The van der Waals surface area contributed by atoms with E-state index in [2.05, 4.69) is 0 Å². The van der Waals surface area contributed by atoms with Gasteiger partial charge in [0.1, 0.15) is 5.75 Å². The maximum absolute atomic E-state index is 13.0. The van der Waals surface area contributed by atoms with Crippen molar-refractivity contribution < 1.29 is 14.6 Å². The summed E-state index contributed by atoms with van der Waals surface area (Å²) in [6.07, 6.45) is 1.98. The summed E-state index contributed by atoms with van der Waals surface area (Å²) in [5, 5.41) is 10.5. The first kappa shape index (κ1) is 16.8. The van der Waals surface area contributed by atoms with Crippen LogP contribution in [0.1, 0.15) is 28.8 Å². The number of phenolic OH excluding ortho intramolecular Hbond substituents is 1. The maximum atomic E-state index is 13.0. The highest BCUT2D eigenvalue weighted by molar-refractivity contribution is 6.33. The summed E-state index contributed by atoms with van der Waals surface area (Å²) in [6.45, 7) is 1.53. The Hall–Kier alpha value is -2.04. The second kappa shape index (κ2) is 7.69. The van der Waals surface area contributed by atoms with E-state index in [1.165, 1.54) is 0 Å². The molecule has 1 amide bonds. The van der Waals surface area contributed by atoms with Gasteiger partial charge >= 0.3 is 0 Å². The Balaban J connectivity index is 1.85. The minimum atomic E-state index is -0.153. The summed E-state index contributed by atoms with van der Waals surface area (Å²) in [4.78, 5) is 14.7. The summed E-state index contributed by atoms with van der Waals surface area (Å²) in [5.41, 5.74) is 1.17. The van der Waals surface area contributed by atoms with Gasteiger partial charge in [0.25, 0.3) is 5.91 Å². The van der Waals surface area contributed by atoms with Crippen molar-refractivity contribution in [3.8, 4) is 5.75 Å². The number of hydrogen-bond acceptors (Lipinski definition) is 3. The van der Waals surface area contributed by atoms with Crippen molar-refractivity contribution >= 4 is 17.5 Å². The van der Waals surface area contributed by atoms with Crippen molar-refractivity contribution in [3.05, 3.63) is 64.7 Å². The first-order valence-electron chi connectivity index (χ1n) is 8.07. The molecule has 1 atom stereocenters. The molecule has 0 spiro atoms. The molecule has 126 valence electrons.